The third-order valence-corrected chi connectivity index (χ3v) is 6.38. The largest absolute Gasteiger partial charge is 0.493 e. The van der Waals surface area contributed by atoms with E-state index in [-0.39, 0.29) is 33.5 Å². The maximum Gasteiger partial charge on any atom is 0.345 e. The Bertz CT molecular complexity index is 1320. The van der Waals surface area contributed by atoms with Gasteiger partial charge in [-0.25, -0.2) is 4.79 Å². The molecule has 0 saturated carbocycles. The minimum Gasteiger partial charge on any atom is -0.493 e. The van der Waals surface area contributed by atoms with Gasteiger partial charge in [-0.3, -0.25) is 14.5 Å². The molecular formula is C25H17Cl2NO5S. The summed E-state index contributed by atoms with van der Waals surface area (Å²) < 4.78 is 11.0. The van der Waals surface area contributed by atoms with Crippen LogP contribution < -0.4 is 9.47 Å². The Labute approximate surface area is 210 Å². The van der Waals surface area contributed by atoms with Crippen LogP contribution in [0.3, 0.4) is 0 Å². The normalized spacial score (nSPS) is 14.6. The molecule has 3 aromatic carbocycles. The molecule has 172 valence electrons. The third-order valence-electron chi connectivity index (χ3n) is 4.91. The first kappa shape index (κ1) is 23.9. The Kier molecular flexibility index (Phi) is 7.26. The summed E-state index contributed by atoms with van der Waals surface area (Å²) in [6.45, 7) is 0.0923. The van der Waals surface area contributed by atoms with Gasteiger partial charge in [0, 0.05) is 10.6 Å². The molecular weight excluding hydrogens is 497 g/mol. The number of hydrogen-bond donors (Lipinski definition) is 0. The van der Waals surface area contributed by atoms with Gasteiger partial charge in [-0.05, 0) is 53.7 Å². The highest BCUT2D eigenvalue weighted by Crippen LogP contribution is 2.38. The number of carbonyl (C=O) groups is 3. The number of thioether (sulfide) groups is 1. The van der Waals surface area contributed by atoms with E-state index in [1.54, 1.807) is 66.7 Å². The van der Waals surface area contributed by atoms with Crippen molar-refractivity contribution in [2.24, 2.45) is 0 Å². The molecule has 0 radical (unpaired) electrons. The van der Waals surface area contributed by atoms with Gasteiger partial charge >= 0.3 is 5.97 Å². The van der Waals surface area contributed by atoms with Crippen LogP contribution in [-0.2, 0) is 11.3 Å². The number of benzene rings is 3. The van der Waals surface area contributed by atoms with E-state index in [1.807, 2.05) is 0 Å². The first-order valence-corrected chi connectivity index (χ1v) is 11.6. The third kappa shape index (κ3) is 5.12. The molecule has 3 aromatic rings. The average Bonchev–Trinajstić information content (AvgIpc) is 3.07. The Balaban J connectivity index is 1.64. The summed E-state index contributed by atoms with van der Waals surface area (Å²) in [6, 6.07) is 18.4. The minimum absolute atomic E-state index is 0.0923. The van der Waals surface area contributed by atoms with Gasteiger partial charge in [0.1, 0.15) is 0 Å². The molecule has 34 heavy (non-hydrogen) atoms. The zero-order chi connectivity index (χ0) is 24.2. The van der Waals surface area contributed by atoms with Gasteiger partial charge < -0.3 is 9.47 Å². The first-order chi connectivity index (χ1) is 16.4. The second-order valence-electron chi connectivity index (χ2n) is 7.15. The average molecular weight is 514 g/mol. The minimum atomic E-state index is -0.682. The zero-order valence-corrected chi connectivity index (χ0v) is 20.1. The lowest BCUT2D eigenvalue weighted by molar-refractivity contribution is -0.123. The van der Waals surface area contributed by atoms with Crippen molar-refractivity contribution in [2.45, 2.75) is 6.54 Å². The molecule has 0 aliphatic carbocycles. The molecule has 9 heteroatoms. The molecule has 0 aromatic heterocycles. The predicted molar refractivity (Wildman–Crippen MR) is 132 cm³/mol. The number of rotatable bonds is 6. The monoisotopic (exact) mass is 513 g/mol. The molecule has 6 nitrogen and oxygen atoms in total. The van der Waals surface area contributed by atoms with Crippen LogP contribution in [0.4, 0.5) is 4.79 Å². The lowest BCUT2D eigenvalue weighted by atomic mass is 10.1. The lowest BCUT2D eigenvalue weighted by Gasteiger charge is -2.13. The number of halogens is 2. The van der Waals surface area contributed by atoms with Gasteiger partial charge in [0.05, 0.1) is 29.1 Å². The lowest BCUT2D eigenvalue weighted by Crippen LogP contribution is -2.27. The van der Waals surface area contributed by atoms with Gasteiger partial charge in [0.2, 0.25) is 0 Å². The molecule has 1 aliphatic heterocycles. The number of hydrogen-bond acceptors (Lipinski definition) is 6. The van der Waals surface area contributed by atoms with Crippen molar-refractivity contribution in [3.8, 4) is 11.5 Å². The Morgan fingerprint density at radius 1 is 1.03 bits per heavy atom. The predicted octanol–water partition coefficient (Wildman–Crippen LogP) is 6.46. The summed E-state index contributed by atoms with van der Waals surface area (Å²) in [7, 11) is 1.44. The highest BCUT2D eigenvalue weighted by atomic mass is 35.5. The number of esters is 1. The maximum atomic E-state index is 13.0. The topological polar surface area (TPSA) is 72.9 Å². The van der Waals surface area contributed by atoms with Crippen LogP contribution in [0.15, 0.2) is 71.6 Å². The molecule has 0 atom stereocenters. The highest BCUT2D eigenvalue weighted by molar-refractivity contribution is 8.18. The van der Waals surface area contributed by atoms with Crippen molar-refractivity contribution in [3.63, 3.8) is 0 Å². The molecule has 2 amide bonds. The van der Waals surface area contributed by atoms with Gasteiger partial charge in [0.25, 0.3) is 11.1 Å². The van der Waals surface area contributed by atoms with Crippen molar-refractivity contribution >= 4 is 58.2 Å². The molecule has 0 N–H and O–H groups in total. The van der Waals surface area contributed by atoms with Gasteiger partial charge in [-0.1, -0.05) is 59.6 Å². The van der Waals surface area contributed by atoms with Crippen LogP contribution in [-0.4, -0.2) is 29.1 Å². The molecule has 1 saturated heterocycles. The Hall–Kier alpha value is -3.26. The number of amides is 2. The van der Waals surface area contributed by atoms with Crippen molar-refractivity contribution < 1.29 is 23.9 Å². The smallest absolute Gasteiger partial charge is 0.345 e. The molecule has 0 spiro atoms. The van der Waals surface area contributed by atoms with Crippen LogP contribution in [0.5, 0.6) is 11.5 Å². The fourth-order valence-corrected chi connectivity index (χ4v) is 4.54. The number of nitrogens with zero attached hydrogens (tertiary/aromatic N) is 1. The second-order valence-corrected chi connectivity index (χ2v) is 8.98. The standard InChI is InChI=1S/C25H17Cl2NO5S/c1-32-20-11-5-7-16(22(20)33-24(30)18-9-2-3-10-19(18)27)13-21-23(29)28(25(31)34-21)14-15-6-4-8-17(26)12-15/h2-13H,14H2,1H3/b21-13-. The van der Waals surface area contributed by atoms with Crippen molar-refractivity contribution in [1.82, 2.24) is 4.90 Å². The second kappa shape index (κ2) is 10.3. The molecule has 1 heterocycles. The van der Waals surface area contributed by atoms with E-state index in [0.717, 1.165) is 22.2 Å². The van der Waals surface area contributed by atoms with E-state index in [2.05, 4.69) is 0 Å². The SMILES string of the molecule is COc1cccc(/C=C2\SC(=O)N(Cc3cccc(Cl)c3)C2=O)c1OC(=O)c1ccccc1Cl. The van der Waals surface area contributed by atoms with Crippen LogP contribution in [0.1, 0.15) is 21.5 Å². The summed E-state index contributed by atoms with van der Waals surface area (Å²) >= 11 is 12.9. The first-order valence-electron chi connectivity index (χ1n) is 10.0. The number of imide groups is 1. The van der Waals surface area contributed by atoms with Crippen LogP contribution >= 0.6 is 35.0 Å². The summed E-state index contributed by atoms with van der Waals surface area (Å²) in [5.74, 6) is -0.746. The van der Waals surface area contributed by atoms with Crippen LogP contribution in [0.25, 0.3) is 6.08 Å². The molecule has 0 bridgehead atoms. The maximum absolute atomic E-state index is 13.0. The van der Waals surface area contributed by atoms with Crippen molar-refractivity contribution in [1.29, 1.82) is 0 Å². The molecule has 0 unspecified atom stereocenters. The number of carbonyl (C=O) groups excluding carboxylic acids is 3. The van der Waals surface area contributed by atoms with E-state index in [9.17, 15) is 14.4 Å². The van der Waals surface area contributed by atoms with Gasteiger partial charge in [-0.2, -0.15) is 0 Å². The molecule has 1 fully saturated rings. The number of methoxy groups -OCH3 is 1. The van der Waals surface area contributed by atoms with Crippen molar-refractivity contribution in [3.05, 3.63) is 98.4 Å². The Morgan fingerprint density at radius 2 is 1.79 bits per heavy atom. The van der Waals surface area contributed by atoms with E-state index >= 15 is 0 Å². The zero-order valence-electron chi connectivity index (χ0n) is 17.8. The fraction of sp³-hybridized carbons (Fsp3) is 0.0800. The van der Waals surface area contributed by atoms with Gasteiger partial charge in [0.15, 0.2) is 11.5 Å². The van der Waals surface area contributed by atoms with E-state index in [1.165, 1.54) is 13.2 Å². The fourth-order valence-electron chi connectivity index (χ4n) is 3.29. The number of para-hydroxylation sites is 1. The Morgan fingerprint density at radius 3 is 2.53 bits per heavy atom. The van der Waals surface area contributed by atoms with E-state index in [0.29, 0.717) is 10.6 Å². The summed E-state index contributed by atoms with van der Waals surface area (Å²) in [4.78, 5) is 39.6. The summed E-state index contributed by atoms with van der Waals surface area (Å²) in [5.41, 5.74) is 1.31. The van der Waals surface area contributed by atoms with E-state index < -0.39 is 17.1 Å². The summed E-state index contributed by atoms with van der Waals surface area (Å²) in [6.07, 6.45) is 1.50. The number of ether oxygens (including phenoxy) is 2. The van der Waals surface area contributed by atoms with Gasteiger partial charge in [-0.15, -0.1) is 0 Å². The highest BCUT2D eigenvalue weighted by Gasteiger charge is 2.35. The molecule has 4 rings (SSSR count). The quantitative estimate of drug-likeness (QED) is 0.214. The summed E-state index contributed by atoms with van der Waals surface area (Å²) in [5, 5.41) is 0.348. The van der Waals surface area contributed by atoms with Crippen molar-refractivity contribution in [2.75, 3.05) is 7.11 Å². The van der Waals surface area contributed by atoms with E-state index in [4.69, 9.17) is 32.7 Å². The van der Waals surface area contributed by atoms with Crippen LogP contribution in [0.2, 0.25) is 10.0 Å². The molecule has 1 aliphatic rings. The van der Waals surface area contributed by atoms with Crippen LogP contribution in [0, 0.1) is 0 Å².